The number of nitrogens with zero attached hydrogens (tertiary/aromatic N) is 2. The van der Waals surface area contributed by atoms with Crippen LogP contribution in [0, 0.1) is 23.7 Å². The van der Waals surface area contributed by atoms with Crippen LogP contribution in [0.5, 0.6) is 0 Å². The van der Waals surface area contributed by atoms with Gasteiger partial charge in [-0.25, -0.2) is 0 Å². The van der Waals surface area contributed by atoms with Gasteiger partial charge in [-0.1, -0.05) is 376 Å². The molecule has 0 rings (SSSR count). The van der Waals surface area contributed by atoms with Gasteiger partial charge in [-0.15, -0.1) is 0 Å². The van der Waals surface area contributed by atoms with Crippen molar-refractivity contribution in [3.63, 3.8) is 0 Å². The number of esters is 4. The highest BCUT2D eigenvalue weighted by Gasteiger charge is 2.24. The summed E-state index contributed by atoms with van der Waals surface area (Å²) >= 11 is 0. The molecule has 14 heteroatoms. The first-order chi connectivity index (χ1) is 55.4. The minimum atomic E-state index is -0.0172. The van der Waals surface area contributed by atoms with Gasteiger partial charge in [0.05, 0.1) is 50.1 Å². The van der Waals surface area contributed by atoms with Crippen LogP contribution in [0.15, 0.2) is 0 Å². The van der Waals surface area contributed by atoms with Crippen LogP contribution in [-0.4, -0.2) is 124 Å². The van der Waals surface area contributed by atoms with Gasteiger partial charge in [-0.3, -0.25) is 28.8 Å². The molecule has 0 fully saturated rings. The summed E-state index contributed by atoms with van der Waals surface area (Å²) in [5.41, 5.74) is 0. The second-order valence-corrected chi connectivity index (χ2v) is 34.7. The highest BCUT2D eigenvalue weighted by molar-refractivity contribution is 5.79. The molecule has 0 aliphatic rings. The summed E-state index contributed by atoms with van der Waals surface area (Å²) in [4.78, 5) is 85.1. The number of nitrogens with one attached hydrogen (secondary N) is 2. The Morgan fingerprint density at radius 3 is 0.575 bits per heavy atom. The Hall–Kier alpha value is -3.26. The van der Waals surface area contributed by atoms with E-state index in [0.29, 0.717) is 58.8 Å². The van der Waals surface area contributed by atoms with Crippen molar-refractivity contribution in [3.8, 4) is 0 Å². The molecule has 0 radical (unpaired) electrons. The van der Waals surface area contributed by atoms with E-state index >= 15 is 0 Å². The normalized spacial score (nSPS) is 12.7. The van der Waals surface area contributed by atoms with Gasteiger partial charge >= 0.3 is 23.9 Å². The Balaban J connectivity index is 5.65. The zero-order valence-corrected chi connectivity index (χ0v) is 76.6. The summed E-state index contributed by atoms with van der Waals surface area (Å²) in [6, 6.07) is 0. The standard InChI is InChI=1S/C99H192N4O10/c1-9-17-25-33-37-41-57-74-92(70-53-31-23-15-7)98(108)112-88-65-49-45-61-82-102(80-59-43-47-63-86-110-96(106)90(68-51-29-21-13-5)72-55-39-35-27-19-11-3)84-78-100-94(104)76-67-77-95(105)101-79-85-103(81-60-44-48-64-87-111-97(107)91(69-52-30-22-14-6)73-56-40-36-28-20-12-4)83-62-46-50-66-89-113-99(109)93(71-54-32-24-16-8)75-58-42-38-34-26-18-10-2/h90-93H,9-89H2,1-8H3,(H,100,104)(H,101,105). The van der Waals surface area contributed by atoms with E-state index in [1.807, 2.05) is 0 Å². The molecule has 668 valence electrons. The van der Waals surface area contributed by atoms with Gasteiger partial charge in [0.15, 0.2) is 0 Å². The fraction of sp³-hybridized carbons (Fsp3) is 0.939. The van der Waals surface area contributed by atoms with Gasteiger partial charge in [-0.05, 0) is 135 Å². The van der Waals surface area contributed by atoms with Crippen molar-refractivity contribution in [2.75, 3.05) is 78.8 Å². The third kappa shape index (κ3) is 74.8. The van der Waals surface area contributed by atoms with Crippen LogP contribution in [-0.2, 0) is 47.7 Å². The van der Waals surface area contributed by atoms with Crippen molar-refractivity contribution < 1.29 is 47.7 Å². The van der Waals surface area contributed by atoms with Crippen molar-refractivity contribution >= 4 is 35.7 Å². The SMILES string of the molecule is CCCCCCCCCC(CCCCCC)C(=O)OCCCCCCN(CCCCCCOC(=O)C(CCCCCC)CCCCCCCC)CCNC(=O)CCCC(=O)NCCN(CCCCCCOC(=O)C(CCCCCC)CCCCCCCC)CCCCCCOC(=O)C(CCCCCC)CCCCCCCCC. The topological polar surface area (TPSA) is 170 Å². The number of hydrogen-bond donors (Lipinski definition) is 2. The molecule has 0 aromatic carbocycles. The molecule has 0 saturated carbocycles. The molecule has 0 aromatic heterocycles. The van der Waals surface area contributed by atoms with Gasteiger partial charge in [0.25, 0.3) is 0 Å². The molecule has 113 heavy (non-hydrogen) atoms. The first-order valence-electron chi connectivity index (χ1n) is 50.1. The summed E-state index contributed by atoms with van der Waals surface area (Å²) < 4.78 is 23.8. The maximum absolute atomic E-state index is 13.4. The number of carbonyl (C=O) groups excluding carboxylic acids is 6. The zero-order chi connectivity index (χ0) is 82.4. The first kappa shape index (κ1) is 110. The molecule has 0 aliphatic heterocycles. The fourth-order valence-electron chi connectivity index (χ4n) is 16.1. The molecular formula is C99H192N4O10. The molecule has 0 bridgehead atoms. The van der Waals surface area contributed by atoms with Crippen LogP contribution in [0.25, 0.3) is 0 Å². The number of unbranched alkanes of at least 4 members (excludes halogenated alkanes) is 46. The van der Waals surface area contributed by atoms with Crippen LogP contribution in [0.1, 0.15) is 498 Å². The largest absolute Gasteiger partial charge is 0.465 e. The summed E-state index contributed by atoms with van der Waals surface area (Å²) in [5, 5.41) is 6.37. The van der Waals surface area contributed by atoms with E-state index in [9.17, 15) is 28.8 Å². The lowest BCUT2D eigenvalue weighted by atomic mass is 9.94. The van der Waals surface area contributed by atoms with Crippen LogP contribution in [0.3, 0.4) is 0 Å². The first-order valence-corrected chi connectivity index (χ1v) is 50.1. The minimum Gasteiger partial charge on any atom is -0.465 e. The van der Waals surface area contributed by atoms with Crippen molar-refractivity contribution in [1.29, 1.82) is 0 Å². The third-order valence-corrected chi connectivity index (χ3v) is 23.8. The molecule has 0 aliphatic carbocycles. The maximum atomic E-state index is 13.4. The highest BCUT2D eigenvalue weighted by Crippen LogP contribution is 2.26. The molecule has 2 amide bonds. The summed E-state index contributed by atoms with van der Waals surface area (Å²) in [6.45, 7) is 26.4. The minimum absolute atomic E-state index is 0.0153. The van der Waals surface area contributed by atoms with Crippen LogP contribution >= 0.6 is 0 Å². The van der Waals surface area contributed by atoms with E-state index < -0.39 is 0 Å². The number of amides is 2. The summed E-state index contributed by atoms with van der Waals surface area (Å²) in [5.74, 6) is 0.146. The molecule has 0 saturated heterocycles. The number of ether oxygens (including phenoxy) is 4. The number of rotatable bonds is 92. The monoisotopic (exact) mass is 1600 g/mol. The Labute approximate surface area is 701 Å². The molecule has 0 heterocycles. The Kier molecular flexibility index (Phi) is 85.5. The third-order valence-electron chi connectivity index (χ3n) is 23.8. The van der Waals surface area contributed by atoms with E-state index in [1.54, 1.807) is 0 Å². The average molecular weight is 1600 g/mol. The maximum Gasteiger partial charge on any atom is 0.308 e. The van der Waals surface area contributed by atoms with Crippen molar-refractivity contribution in [2.24, 2.45) is 23.7 Å². The van der Waals surface area contributed by atoms with E-state index in [2.05, 4.69) is 75.8 Å². The number of hydrogen-bond acceptors (Lipinski definition) is 12. The molecule has 0 spiro atoms. The van der Waals surface area contributed by atoms with Crippen LogP contribution in [0.2, 0.25) is 0 Å². The smallest absolute Gasteiger partial charge is 0.308 e. The van der Waals surface area contributed by atoms with Crippen molar-refractivity contribution in [3.05, 3.63) is 0 Å². The molecule has 14 nitrogen and oxygen atoms in total. The van der Waals surface area contributed by atoms with E-state index in [-0.39, 0.29) is 59.4 Å². The van der Waals surface area contributed by atoms with Crippen molar-refractivity contribution in [2.45, 2.75) is 498 Å². The number of carbonyl (C=O) groups is 6. The summed E-state index contributed by atoms with van der Waals surface area (Å²) in [7, 11) is 0. The lowest BCUT2D eigenvalue weighted by molar-refractivity contribution is -0.150. The average Bonchev–Trinajstić information content (AvgIpc) is 0.960. The highest BCUT2D eigenvalue weighted by atomic mass is 16.5. The predicted molar refractivity (Wildman–Crippen MR) is 481 cm³/mol. The molecule has 4 atom stereocenters. The van der Waals surface area contributed by atoms with Crippen molar-refractivity contribution in [1.82, 2.24) is 20.4 Å². The predicted octanol–water partition coefficient (Wildman–Crippen LogP) is 27.5. The van der Waals surface area contributed by atoms with Crippen LogP contribution < -0.4 is 10.6 Å². The molecule has 0 aromatic rings. The molecule has 2 N–H and O–H groups in total. The summed E-state index contributed by atoms with van der Waals surface area (Å²) in [6.07, 6.45) is 76.0. The Morgan fingerprint density at radius 2 is 0.372 bits per heavy atom. The quantitative estimate of drug-likeness (QED) is 0.0336. The van der Waals surface area contributed by atoms with E-state index in [0.717, 1.165) is 245 Å². The second kappa shape index (κ2) is 88.0. The van der Waals surface area contributed by atoms with E-state index in [4.69, 9.17) is 18.9 Å². The van der Waals surface area contributed by atoms with Gasteiger partial charge in [0.2, 0.25) is 11.8 Å². The van der Waals surface area contributed by atoms with Gasteiger partial charge < -0.3 is 39.4 Å². The molecule has 4 unspecified atom stereocenters. The van der Waals surface area contributed by atoms with Gasteiger partial charge in [0, 0.05) is 39.0 Å². The lowest BCUT2D eigenvalue weighted by Gasteiger charge is -2.23. The fourth-order valence-corrected chi connectivity index (χ4v) is 16.1. The molecular weight excluding hydrogens is 1410 g/mol. The van der Waals surface area contributed by atoms with Gasteiger partial charge in [-0.2, -0.15) is 0 Å². The second-order valence-electron chi connectivity index (χ2n) is 34.7. The van der Waals surface area contributed by atoms with Gasteiger partial charge in [0.1, 0.15) is 0 Å². The Morgan fingerprint density at radius 1 is 0.204 bits per heavy atom. The lowest BCUT2D eigenvalue weighted by Crippen LogP contribution is -2.36. The zero-order valence-electron chi connectivity index (χ0n) is 76.6. The van der Waals surface area contributed by atoms with E-state index in [1.165, 1.54) is 218 Å². The van der Waals surface area contributed by atoms with Crippen LogP contribution in [0.4, 0.5) is 0 Å². The Bertz CT molecular complexity index is 1920.